The van der Waals surface area contributed by atoms with Crippen LogP contribution in [0, 0.1) is 5.82 Å². The van der Waals surface area contributed by atoms with Gasteiger partial charge in [0.15, 0.2) is 6.61 Å². The van der Waals surface area contributed by atoms with E-state index in [0.29, 0.717) is 23.6 Å². The maximum atomic E-state index is 13.6. The van der Waals surface area contributed by atoms with Crippen molar-refractivity contribution in [2.45, 2.75) is 6.42 Å². The number of carbonyl (C=O) groups is 2. The highest BCUT2D eigenvalue weighted by molar-refractivity contribution is 6.30. The zero-order valence-electron chi connectivity index (χ0n) is 16.0. The van der Waals surface area contributed by atoms with E-state index in [1.165, 1.54) is 18.2 Å². The number of hydrogen-bond acceptors (Lipinski definition) is 3. The van der Waals surface area contributed by atoms with Gasteiger partial charge in [0, 0.05) is 11.6 Å². The summed E-state index contributed by atoms with van der Waals surface area (Å²) in [6.45, 7) is 0.0754. The number of para-hydroxylation sites is 2. The van der Waals surface area contributed by atoms with Gasteiger partial charge < -0.3 is 15.4 Å². The lowest BCUT2D eigenvalue weighted by Gasteiger charge is -2.12. The molecule has 2 N–H and O–H groups in total. The third kappa shape index (κ3) is 6.06. The molecule has 0 unspecified atom stereocenters. The Morgan fingerprint density at radius 2 is 1.63 bits per heavy atom. The molecule has 0 spiro atoms. The smallest absolute Gasteiger partial charge is 0.262 e. The number of hydrogen-bond donors (Lipinski definition) is 2. The van der Waals surface area contributed by atoms with Gasteiger partial charge in [0.05, 0.1) is 11.3 Å². The summed E-state index contributed by atoms with van der Waals surface area (Å²) in [5, 5.41) is 5.93. The number of rotatable bonds is 8. The van der Waals surface area contributed by atoms with Gasteiger partial charge in [0.25, 0.3) is 11.8 Å². The second-order valence-corrected chi connectivity index (χ2v) is 6.88. The Morgan fingerprint density at radius 1 is 0.933 bits per heavy atom. The summed E-state index contributed by atoms with van der Waals surface area (Å²) in [5.41, 5.74) is 1.43. The van der Waals surface area contributed by atoms with E-state index in [4.69, 9.17) is 16.3 Å². The van der Waals surface area contributed by atoms with Crippen molar-refractivity contribution >= 4 is 29.1 Å². The number of anilines is 1. The third-order valence-corrected chi connectivity index (χ3v) is 4.50. The van der Waals surface area contributed by atoms with E-state index in [1.807, 2.05) is 12.1 Å². The van der Waals surface area contributed by atoms with Gasteiger partial charge in [-0.25, -0.2) is 4.39 Å². The van der Waals surface area contributed by atoms with E-state index < -0.39 is 11.7 Å². The Balaban J connectivity index is 1.54. The first-order chi connectivity index (χ1) is 14.5. The summed E-state index contributed by atoms with van der Waals surface area (Å²) in [5.74, 6) is -1.11. The van der Waals surface area contributed by atoms with Crippen molar-refractivity contribution in [2.75, 3.05) is 18.5 Å². The largest absolute Gasteiger partial charge is 0.483 e. The molecular formula is C23H20ClFN2O3. The standard InChI is InChI=1S/C23H20ClFN2O3/c24-17-11-9-16(10-12-17)13-14-26-23(29)18-5-1-4-8-21(18)30-15-22(28)27-20-7-3-2-6-19(20)25/h1-12H,13-15H2,(H,26,29)(H,27,28). The van der Waals surface area contributed by atoms with E-state index in [2.05, 4.69) is 10.6 Å². The van der Waals surface area contributed by atoms with E-state index in [9.17, 15) is 14.0 Å². The fourth-order valence-corrected chi connectivity index (χ4v) is 2.86. The Kier molecular flexibility index (Phi) is 7.40. The minimum Gasteiger partial charge on any atom is -0.483 e. The number of ether oxygens (including phenoxy) is 1. The first-order valence-electron chi connectivity index (χ1n) is 9.32. The molecule has 0 atom stereocenters. The van der Waals surface area contributed by atoms with Gasteiger partial charge in [0.2, 0.25) is 0 Å². The molecule has 5 nitrogen and oxygen atoms in total. The first-order valence-corrected chi connectivity index (χ1v) is 9.69. The van der Waals surface area contributed by atoms with Crippen LogP contribution in [0.2, 0.25) is 5.02 Å². The van der Waals surface area contributed by atoms with Gasteiger partial charge in [-0.2, -0.15) is 0 Å². The first kappa shape index (κ1) is 21.3. The summed E-state index contributed by atoms with van der Waals surface area (Å²) >= 11 is 5.87. The second kappa shape index (κ2) is 10.4. The lowest BCUT2D eigenvalue weighted by Crippen LogP contribution is -2.27. The van der Waals surface area contributed by atoms with Crippen LogP contribution in [-0.4, -0.2) is 25.0 Å². The number of nitrogens with one attached hydrogen (secondary N) is 2. The summed E-state index contributed by atoms with van der Waals surface area (Å²) in [4.78, 5) is 24.6. The topological polar surface area (TPSA) is 67.4 Å². The van der Waals surface area contributed by atoms with Crippen molar-refractivity contribution in [3.63, 3.8) is 0 Å². The molecule has 0 saturated heterocycles. The zero-order chi connectivity index (χ0) is 21.3. The van der Waals surface area contributed by atoms with Crippen LogP contribution in [0.15, 0.2) is 72.8 Å². The second-order valence-electron chi connectivity index (χ2n) is 6.45. The minimum atomic E-state index is -0.536. The molecule has 30 heavy (non-hydrogen) atoms. The fourth-order valence-electron chi connectivity index (χ4n) is 2.74. The SMILES string of the molecule is O=C(COc1ccccc1C(=O)NCCc1ccc(Cl)cc1)Nc1ccccc1F. The van der Waals surface area contributed by atoms with Crippen LogP contribution in [0.4, 0.5) is 10.1 Å². The highest BCUT2D eigenvalue weighted by Crippen LogP contribution is 2.18. The van der Waals surface area contributed by atoms with E-state index in [1.54, 1.807) is 42.5 Å². The molecule has 0 saturated carbocycles. The summed E-state index contributed by atoms with van der Waals surface area (Å²) in [7, 11) is 0. The van der Waals surface area contributed by atoms with Crippen molar-refractivity contribution in [3.8, 4) is 5.75 Å². The van der Waals surface area contributed by atoms with Crippen molar-refractivity contribution in [3.05, 3.63) is 94.8 Å². The maximum absolute atomic E-state index is 13.6. The normalized spacial score (nSPS) is 10.3. The van der Waals surface area contributed by atoms with Crippen LogP contribution >= 0.6 is 11.6 Å². The summed E-state index contributed by atoms with van der Waals surface area (Å²) in [6.07, 6.45) is 0.650. The number of benzene rings is 3. The summed E-state index contributed by atoms with van der Waals surface area (Å²) < 4.78 is 19.1. The molecule has 154 valence electrons. The molecule has 0 aromatic heterocycles. The van der Waals surface area contributed by atoms with Gasteiger partial charge >= 0.3 is 0 Å². The number of carbonyl (C=O) groups excluding carboxylic acids is 2. The van der Waals surface area contributed by atoms with Crippen LogP contribution in [0.5, 0.6) is 5.75 Å². The number of amides is 2. The van der Waals surface area contributed by atoms with Gasteiger partial charge in [0.1, 0.15) is 11.6 Å². The molecule has 0 aliphatic rings. The van der Waals surface area contributed by atoms with Crippen molar-refractivity contribution in [2.24, 2.45) is 0 Å². The van der Waals surface area contributed by atoms with Crippen LogP contribution in [0.25, 0.3) is 0 Å². The molecule has 0 fully saturated rings. The highest BCUT2D eigenvalue weighted by Gasteiger charge is 2.14. The molecule has 0 radical (unpaired) electrons. The zero-order valence-corrected chi connectivity index (χ0v) is 16.8. The lowest BCUT2D eigenvalue weighted by molar-refractivity contribution is -0.118. The third-order valence-electron chi connectivity index (χ3n) is 4.25. The lowest BCUT2D eigenvalue weighted by atomic mass is 10.1. The molecule has 2 amide bonds. The van der Waals surface area contributed by atoms with Crippen LogP contribution in [0.3, 0.4) is 0 Å². The van der Waals surface area contributed by atoms with Gasteiger partial charge in [-0.15, -0.1) is 0 Å². The molecule has 3 aromatic carbocycles. The van der Waals surface area contributed by atoms with Crippen molar-refractivity contribution in [1.29, 1.82) is 0 Å². The Labute approximate surface area is 178 Å². The van der Waals surface area contributed by atoms with Crippen molar-refractivity contribution in [1.82, 2.24) is 5.32 Å². The van der Waals surface area contributed by atoms with Crippen LogP contribution < -0.4 is 15.4 Å². The number of halogens is 2. The van der Waals surface area contributed by atoms with E-state index in [-0.39, 0.29) is 24.0 Å². The monoisotopic (exact) mass is 426 g/mol. The average Bonchev–Trinajstić information content (AvgIpc) is 2.75. The fraction of sp³-hybridized carbons (Fsp3) is 0.130. The molecule has 0 aliphatic carbocycles. The Morgan fingerprint density at radius 3 is 2.40 bits per heavy atom. The van der Waals surface area contributed by atoms with Crippen molar-refractivity contribution < 1.29 is 18.7 Å². The Hall–Kier alpha value is -3.38. The quantitative estimate of drug-likeness (QED) is 0.558. The maximum Gasteiger partial charge on any atom is 0.262 e. The van der Waals surface area contributed by atoms with Gasteiger partial charge in [-0.05, 0) is 48.4 Å². The molecule has 0 heterocycles. The van der Waals surface area contributed by atoms with E-state index >= 15 is 0 Å². The molecule has 7 heteroatoms. The Bertz CT molecular complexity index is 1020. The summed E-state index contributed by atoms with van der Waals surface area (Å²) in [6, 6.07) is 19.9. The minimum absolute atomic E-state index is 0.0688. The van der Waals surface area contributed by atoms with Gasteiger partial charge in [-0.3, -0.25) is 9.59 Å². The molecule has 3 aromatic rings. The predicted octanol–water partition coefficient (Wildman–Crippen LogP) is 4.47. The highest BCUT2D eigenvalue weighted by atomic mass is 35.5. The predicted molar refractivity (Wildman–Crippen MR) is 114 cm³/mol. The molecule has 0 bridgehead atoms. The van der Waals surface area contributed by atoms with E-state index in [0.717, 1.165) is 5.56 Å². The average molecular weight is 427 g/mol. The van der Waals surface area contributed by atoms with Crippen LogP contribution in [-0.2, 0) is 11.2 Å². The van der Waals surface area contributed by atoms with Crippen LogP contribution in [0.1, 0.15) is 15.9 Å². The molecular weight excluding hydrogens is 407 g/mol. The molecule has 0 aliphatic heterocycles. The molecule has 3 rings (SSSR count). The van der Waals surface area contributed by atoms with Gasteiger partial charge in [-0.1, -0.05) is 48.0 Å².